The standard InChI is InChI=1S/C16H23N5O5/c22-6-10-12(24)13(25)16(26-10)21-15-9(5-17-21)14(19-11(7-23)20-15)18-8-3-1-2-4-8/h5,8,10,12-13,16,22-25H,1-4,6-7H2,(H,18,19,20)/t10-,12-,13-,16-/m1/s1. The van der Waals surface area contributed by atoms with Crippen molar-refractivity contribution in [1.29, 1.82) is 0 Å². The molecule has 142 valence electrons. The molecule has 2 aromatic rings. The molecule has 0 amide bonds. The zero-order valence-corrected chi connectivity index (χ0v) is 14.2. The highest BCUT2D eigenvalue weighted by atomic mass is 16.6. The third kappa shape index (κ3) is 2.93. The van der Waals surface area contributed by atoms with E-state index in [1.54, 1.807) is 6.20 Å². The molecule has 0 radical (unpaired) electrons. The largest absolute Gasteiger partial charge is 0.394 e. The van der Waals surface area contributed by atoms with E-state index in [0.29, 0.717) is 22.9 Å². The van der Waals surface area contributed by atoms with Crippen LogP contribution in [-0.4, -0.2) is 71.1 Å². The molecule has 0 spiro atoms. The van der Waals surface area contributed by atoms with Crippen molar-refractivity contribution in [2.45, 2.75) is 62.9 Å². The second-order valence-corrected chi connectivity index (χ2v) is 6.83. The van der Waals surface area contributed by atoms with Crippen molar-refractivity contribution in [3.8, 4) is 0 Å². The molecule has 1 saturated heterocycles. The number of nitrogens with zero attached hydrogens (tertiary/aromatic N) is 4. The average molecular weight is 365 g/mol. The molecule has 5 N–H and O–H groups in total. The molecule has 0 bridgehead atoms. The highest BCUT2D eigenvalue weighted by Gasteiger charge is 2.44. The first-order chi connectivity index (χ1) is 12.6. The third-order valence-corrected chi connectivity index (χ3v) is 5.10. The van der Waals surface area contributed by atoms with Gasteiger partial charge in [-0.1, -0.05) is 12.8 Å². The number of ether oxygens (including phenoxy) is 1. The van der Waals surface area contributed by atoms with Crippen LogP contribution in [0.25, 0.3) is 11.0 Å². The normalized spacial score (nSPS) is 29.7. The van der Waals surface area contributed by atoms with Gasteiger partial charge >= 0.3 is 0 Å². The van der Waals surface area contributed by atoms with Crippen molar-refractivity contribution in [2.24, 2.45) is 0 Å². The van der Waals surface area contributed by atoms with E-state index in [-0.39, 0.29) is 12.4 Å². The molecule has 4 rings (SSSR count). The van der Waals surface area contributed by atoms with Crippen molar-refractivity contribution in [2.75, 3.05) is 11.9 Å². The lowest BCUT2D eigenvalue weighted by atomic mass is 10.1. The number of hydrogen-bond acceptors (Lipinski definition) is 9. The summed E-state index contributed by atoms with van der Waals surface area (Å²) in [5, 5.41) is 47.3. The average Bonchev–Trinajstić information content (AvgIpc) is 3.36. The van der Waals surface area contributed by atoms with Crippen LogP contribution in [0.3, 0.4) is 0 Å². The molecule has 3 heterocycles. The van der Waals surface area contributed by atoms with Gasteiger partial charge in [0.1, 0.15) is 30.7 Å². The van der Waals surface area contributed by atoms with Crippen LogP contribution in [0, 0.1) is 0 Å². The predicted octanol–water partition coefficient (Wildman–Crippen LogP) is -0.715. The SMILES string of the molecule is OCc1nc(NC2CCCC2)c2cnn([C@@H]3O[C@H](CO)[C@@H](O)[C@H]3O)c2n1. The van der Waals surface area contributed by atoms with Crippen LogP contribution in [0.4, 0.5) is 5.82 Å². The van der Waals surface area contributed by atoms with Gasteiger partial charge in [-0.3, -0.25) is 0 Å². The summed E-state index contributed by atoms with van der Waals surface area (Å²) in [5.74, 6) is 0.815. The Balaban J connectivity index is 1.72. The second kappa shape index (κ2) is 7.05. The Bertz CT molecular complexity index is 778. The number of rotatable bonds is 5. The molecule has 2 aliphatic rings. The minimum atomic E-state index is -1.26. The summed E-state index contributed by atoms with van der Waals surface area (Å²) in [6.07, 6.45) is 1.66. The minimum absolute atomic E-state index is 0.228. The van der Waals surface area contributed by atoms with Crippen molar-refractivity contribution >= 4 is 16.9 Å². The molecule has 1 saturated carbocycles. The van der Waals surface area contributed by atoms with Gasteiger partial charge in [-0.25, -0.2) is 14.6 Å². The Morgan fingerprint density at radius 2 is 1.92 bits per heavy atom. The fourth-order valence-corrected chi connectivity index (χ4v) is 3.68. The minimum Gasteiger partial charge on any atom is -0.394 e. The molecule has 4 atom stereocenters. The van der Waals surface area contributed by atoms with Crippen LogP contribution >= 0.6 is 0 Å². The maximum Gasteiger partial charge on any atom is 0.181 e. The second-order valence-electron chi connectivity index (χ2n) is 6.83. The number of aliphatic hydroxyl groups excluding tert-OH is 4. The van der Waals surface area contributed by atoms with Gasteiger partial charge in [0.15, 0.2) is 17.7 Å². The van der Waals surface area contributed by atoms with Crippen LogP contribution in [0.5, 0.6) is 0 Å². The number of fused-ring (bicyclic) bond motifs is 1. The molecule has 1 aliphatic heterocycles. The first-order valence-electron chi connectivity index (χ1n) is 8.86. The van der Waals surface area contributed by atoms with Gasteiger partial charge in [-0.15, -0.1) is 0 Å². The Morgan fingerprint density at radius 1 is 1.15 bits per heavy atom. The zero-order valence-electron chi connectivity index (χ0n) is 14.2. The Kier molecular flexibility index (Phi) is 4.76. The van der Waals surface area contributed by atoms with Gasteiger partial charge in [0, 0.05) is 6.04 Å². The maximum absolute atomic E-state index is 10.3. The monoisotopic (exact) mass is 365 g/mol. The molecular weight excluding hydrogens is 342 g/mol. The molecule has 0 aromatic carbocycles. The van der Waals surface area contributed by atoms with Gasteiger partial charge in [-0.2, -0.15) is 5.10 Å². The molecule has 10 heteroatoms. The van der Waals surface area contributed by atoms with Crippen LogP contribution < -0.4 is 5.32 Å². The first-order valence-corrected chi connectivity index (χ1v) is 8.86. The quantitative estimate of drug-likeness (QED) is 0.463. The smallest absolute Gasteiger partial charge is 0.181 e. The molecule has 26 heavy (non-hydrogen) atoms. The third-order valence-electron chi connectivity index (χ3n) is 5.10. The zero-order chi connectivity index (χ0) is 18.3. The fourth-order valence-electron chi connectivity index (χ4n) is 3.68. The van der Waals surface area contributed by atoms with Crippen molar-refractivity contribution in [1.82, 2.24) is 19.7 Å². The first kappa shape index (κ1) is 17.6. The predicted molar refractivity (Wildman–Crippen MR) is 90.1 cm³/mol. The number of nitrogens with one attached hydrogen (secondary N) is 1. The van der Waals surface area contributed by atoms with E-state index >= 15 is 0 Å². The Hall–Kier alpha value is -1.85. The summed E-state index contributed by atoms with van der Waals surface area (Å²) in [4.78, 5) is 8.68. The highest BCUT2D eigenvalue weighted by Crippen LogP contribution is 2.33. The number of aliphatic hydroxyl groups is 4. The summed E-state index contributed by atoms with van der Waals surface area (Å²) in [7, 11) is 0. The van der Waals surface area contributed by atoms with Gasteiger partial charge in [-0.05, 0) is 12.8 Å². The van der Waals surface area contributed by atoms with Crippen LogP contribution in [0.1, 0.15) is 37.7 Å². The summed E-state index contributed by atoms with van der Waals surface area (Å²) in [5.41, 5.74) is 0.388. The molecule has 10 nitrogen and oxygen atoms in total. The van der Waals surface area contributed by atoms with E-state index in [2.05, 4.69) is 20.4 Å². The summed E-state index contributed by atoms with van der Waals surface area (Å²) >= 11 is 0. The Labute approximate surface area is 149 Å². The van der Waals surface area contributed by atoms with E-state index in [4.69, 9.17) is 4.74 Å². The topological polar surface area (TPSA) is 146 Å². The van der Waals surface area contributed by atoms with Crippen molar-refractivity contribution < 1.29 is 25.2 Å². The van der Waals surface area contributed by atoms with Gasteiger partial charge in [0.05, 0.1) is 18.2 Å². The van der Waals surface area contributed by atoms with Crippen LogP contribution in [0.15, 0.2) is 6.20 Å². The number of anilines is 1. The van der Waals surface area contributed by atoms with Crippen molar-refractivity contribution in [3.63, 3.8) is 0 Å². The van der Waals surface area contributed by atoms with E-state index in [0.717, 1.165) is 12.8 Å². The molecular formula is C16H23N5O5. The lowest BCUT2D eigenvalue weighted by molar-refractivity contribution is -0.0566. The van der Waals surface area contributed by atoms with Gasteiger partial charge in [0.25, 0.3) is 0 Å². The summed E-state index contributed by atoms with van der Waals surface area (Å²) in [6, 6.07) is 0.317. The van der Waals surface area contributed by atoms with Crippen LogP contribution in [0.2, 0.25) is 0 Å². The van der Waals surface area contributed by atoms with E-state index in [1.807, 2.05) is 0 Å². The van der Waals surface area contributed by atoms with E-state index in [1.165, 1.54) is 17.5 Å². The van der Waals surface area contributed by atoms with Crippen LogP contribution in [-0.2, 0) is 11.3 Å². The maximum atomic E-state index is 10.3. The van der Waals surface area contributed by atoms with E-state index < -0.39 is 31.1 Å². The molecule has 1 aliphatic carbocycles. The number of aromatic nitrogens is 4. The summed E-state index contributed by atoms with van der Waals surface area (Å²) in [6.45, 7) is -0.754. The van der Waals surface area contributed by atoms with Gasteiger partial charge < -0.3 is 30.5 Å². The van der Waals surface area contributed by atoms with Crippen molar-refractivity contribution in [3.05, 3.63) is 12.0 Å². The number of hydrogen-bond donors (Lipinski definition) is 5. The van der Waals surface area contributed by atoms with Gasteiger partial charge in [0.2, 0.25) is 0 Å². The Morgan fingerprint density at radius 3 is 2.58 bits per heavy atom. The van der Waals surface area contributed by atoms with E-state index in [9.17, 15) is 20.4 Å². The summed E-state index contributed by atoms with van der Waals surface area (Å²) < 4.78 is 6.90. The molecule has 2 aromatic heterocycles. The highest BCUT2D eigenvalue weighted by molar-refractivity contribution is 5.86. The molecule has 0 unspecified atom stereocenters. The lowest BCUT2D eigenvalue weighted by Crippen LogP contribution is -2.33. The molecule has 2 fully saturated rings. The lowest BCUT2D eigenvalue weighted by Gasteiger charge is -2.17. The fraction of sp³-hybridized carbons (Fsp3) is 0.688.